The maximum Gasteiger partial charge on any atom is 0.128 e. The van der Waals surface area contributed by atoms with Gasteiger partial charge in [-0.25, -0.2) is 4.39 Å². The van der Waals surface area contributed by atoms with E-state index in [1.807, 2.05) is 38.1 Å². The second kappa shape index (κ2) is 5.73. The third-order valence-corrected chi connectivity index (χ3v) is 3.95. The van der Waals surface area contributed by atoms with Crippen LogP contribution in [0.2, 0.25) is 0 Å². The van der Waals surface area contributed by atoms with Crippen LogP contribution in [0.25, 0.3) is 0 Å². The summed E-state index contributed by atoms with van der Waals surface area (Å²) in [4.78, 5) is 0. The third kappa shape index (κ3) is 3.25. The molecule has 0 saturated carbocycles. The van der Waals surface area contributed by atoms with Crippen LogP contribution in [0.15, 0.2) is 39.3 Å². The van der Waals surface area contributed by atoms with Crippen molar-refractivity contribution in [2.45, 2.75) is 19.9 Å². The summed E-state index contributed by atoms with van der Waals surface area (Å²) in [6.45, 7) is 3.76. The smallest absolute Gasteiger partial charge is 0.128 e. The first-order chi connectivity index (χ1) is 8.88. The normalized spacial score (nSPS) is 12.5. The Morgan fingerprint density at radius 3 is 2.11 bits per heavy atom. The number of aryl methyl sites for hydroxylation is 2. The summed E-state index contributed by atoms with van der Waals surface area (Å²) in [5.74, 6) is -0.249. The summed E-state index contributed by atoms with van der Waals surface area (Å²) in [5, 5.41) is 0. The lowest BCUT2D eigenvalue weighted by Gasteiger charge is -2.17. The summed E-state index contributed by atoms with van der Waals surface area (Å²) in [5.41, 5.74) is 9.42. The Morgan fingerprint density at radius 2 is 1.58 bits per heavy atom. The lowest BCUT2D eigenvalue weighted by atomic mass is 9.94. The Morgan fingerprint density at radius 1 is 1.00 bits per heavy atom. The van der Waals surface area contributed by atoms with E-state index in [0.29, 0.717) is 5.56 Å². The number of hydrogen-bond donors (Lipinski definition) is 1. The first-order valence-corrected chi connectivity index (χ1v) is 7.45. The first-order valence-electron chi connectivity index (χ1n) is 5.86. The van der Waals surface area contributed by atoms with Crippen molar-refractivity contribution < 1.29 is 4.39 Å². The van der Waals surface area contributed by atoms with Gasteiger partial charge in [-0.1, -0.05) is 37.9 Å². The van der Waals surface area contributed by atoms with E-state index in [1.165, 1.54) is 6.07 Å². The van der Waals surface area contributed by atoms with Crippen molar-refractivity contribution in [2.75, 3.05) is 0 Å². The van der Waals surface area contributed by atoms with Gasteiger partial charge in [0, 0.05) is 14.5 Å². The van der Waals surface area contributed by atoms with Gasteiger partial charge in [-0.3, -0.25) is 0 Å². The molecule has 2 aromatic rings. The standard InChI is InChI=1S/C15H14Br2FN/c1-8-3-9(2)14(13(18)4-8)15(19)10-5-11(16)7-12(17)6-10/h3-7,15H,19H2,1-2H3. The van der Waals surface area contributed by atoms with Crippen LogP contribution >= 0.6 is 31.9 Å². The van der Waals surface area contributed by atoms with Crippen LogP contribution in [0.5, 0.6) is 0 Å². The fraction of sp³-hybridized carbons (Fsp3) is 0.200. The van der Waals surface area contributed by atoms with E-state index in [0.717, 1.165) is 25.6 Å². The molecule has 0 bridgehead atoms. The topological polar surface area (TPSA) is 26.0 Å². The molecule has 1 atom stereocenters. The predicted octanol–water partition coefficient (Wildman–Crippen LogP) is 5.02. The van der Waals surface area contributed by atoms with Gasteiger partial charge in [0.1, 0.15) is 5.82 Å². The van der Waals surface area contributed by atoms with E-state index < -0.39 is 6.04 Å². The minimum atomic E-state index is -0.477. The Labute approximate surface area is 129 Å². The number of halogens is 3. The Hall–Kier alpha value is -0.710. The minimum absolute atomic E-state index is 0.249. The van der Waals surface area contributed by atoms with Gasteiger partial charge in [-0.05, 0) is 54.8 Å². The number of benzene rings is 2. The van der Waals surface area contributed by atoms with Gasteiger partial charge in [0.05, 0.1) is 6.04 Å². The monoisotopic (exact) mass is 385 g/mol. The van der Waals surface area contributed by atoms with Gasteiger partial charge in [-0.2, -0.15) is 0 Å². The number of nitrogens with two attached hydrogens (primary N) is 1. The van der Waals surface area contributed by atoms with Crippen LogP contribution in [-0.4, -0.2) is 0 Å². The molecule has 0 fully saturated rings. The van der Waals surface area contributed by atoms with Gasteiger partial charge in [0.2, 0.25) is 0 Å². The molecule has 0 aliphatic rings. The molecule has 0 amide bonds. The molecule has 0 aliphatic carbocycles. The van der Waals surface area contributed by atoms with Crippen molar-refractivity contribution in [2.24, 2.45) is 5.73 Å². The van der Waals surface area contributed by atoms with E-state index >= 15 is 0 Å². The summed E-state index contributed by atoms with van der Waals surface area (Å²) < 4.78 is 16.0. The molecule has 0 radical (unpaired) electrons. The van der Waals surface area contributed by atoms with Crippen LogP contribution < -0.4 is 5.73 Å². The zero-order valence-corrected chi connectivity index (χ0v) is 13.8. The van der Waals surface area contributed by atoms with Gasteiger partial charge in [0.15, 0.2) is 0 Å². The Kier molecular flexibility index (Phi) is 4.43. The summed E-state index contributed by atoms with van der Waals surface area (Å²) in [7, 11) is 0. The van der Waals surface area contributed by atoms with Crippen molar-refractivity contribution in [3.05, 3.63) is 67.3 Å². The molecule has 4 heteroatoms. The number of hydrogen-bond acceptors (Lipinski definition) is 1. The quantitative estimate of drug-likeness (QED) is 0.770. The lowest BCUT2D eigenvalue weighted by molar-refractivity contribution is 0.596. The summed E-state index contributed by atoms with van der Waals surface area (Å²) >= 11 is 6.85. The van der Waals surface area contributed by atoms with Crippen molar-refractivity contribution in [3.8, 4) is 0 Å². The maximum absolute atomic E-state index is 14.1. The van der Waals surface area contributed by atoms with Crippen LogP contribution in [0, 0.1) is 19.7 Å². The molecule has 0 aromatic heterocycles. The second-order valence-corrected chi connectivity index (χ2v) is 6.49. The second-order valence-electron chi connectivity index (χ2n) is 4.66. The van der Waals surface area contributed by atoms with E-state index in [4.69, 9.17) is 5.73 Å². The van der Waals surface area contributed by atoms with Gasteiger partial charge < -0.3 is 5.73 Å². The van der Waals surface area contributed by atoms with E-state index in [2.05, 4.69) is 31.9 Å². The zero-order chi connectivity index (χ0) is 14.2. The molecular formula is C15H14Br2FN. The molecule has 100 valence electrons. The van der Waals surface area contributed by atoms with Crippen LogP contribution in [0.4, 0.5) is 4.39 Å². The molecular weight excluding hydrogens is 373 g/mol. The van der Waals surface area contributed by atoms with Crippen molar-refractivity contribution >= 4 is 31.9 Å². The highest BCUT2D eigenvalue weighted by atomic mass is 79.9. The average molecular weight is 387 g/mol. The SMILES string of the molecule is Cc1cc(C)c(C(N)c2cc(Br)cc(Br)c2)c(F)c1. The van der Waals surface area contributed by atoms with Crippen LogP contribution in [0.3, 0.4) is 0 Å². The molecule has 1 unspecified atom stereocenters. The predicted molar refractivity (Wildman–Crippen MR) is 83.7 cm³/mol. The molecule has 0 spiro atoms. The van der Waals surface area contributed by atoms with E-state index in [-0.39, 0.29) is 5.82 Å². The fourth-order valence-electron chi connectivity index (χ4n) is 2.24. The molecule has 2 N–H and O–H groups in total. The molecule has 1 nitrogen and oxygen atoms in total. The Bertz CT molecular complexity index is 582. The van der Waals surface area contributed by atoms with Gasteiger partial charge in [0.25, 0.3) is 0 Å². The number of rotatable bonds is 2. The molecule has 19 heavy (non-hydrogen) atoms. The maximum atomic E-state index is 14.1. The third-order valence-electron chi connectivity index (χ3n) is 3.04. The highest BCUT2D eigenvalue weighted by molar-refractivity contribution is 9.11. The van der Waals surface area contributed by atoms with Gasteiger partial charge >= 0.3 is 0 Å². The van der Waals surface area contributed by atoms with E-state index in [9.17, 15) is 4.39 Å². The van der Waals surface area contributed by atoms with E-state index in [1.54, 1.807) is 0 Å². The fourth-order valence-corrected chi connectivity index (χ4v) is 3.57. The molecule has 0 saturated heterocycles. The zero-order valence-electron chi connectivity index (χ0n) is 10.7. The summed E-state index contributed by atoms with van der Waals surface area (Å²) in [6, 6.07) is 8.74. The lowest BCUT2D eigenvalue weighted by Crippen LogP contribution is -2.15. The molecule has 0 aliphatic heterocycles. The van der Waals surface area contributed by atoms with Crippen molar-refractivity contribution in [1.29, 1.82) is 0 Å². The Balaban J connectivity index is 2.52. The molecule has 2 rings (SSSR count). The largest absolute Gasteiger partial charge is 0.320 e. The van der Waals surface area contributed by atoms with Crippen molar-refractivity contribution in [1.82, 2.24) is 0 Å². The molecule has 0 heterocycles. The van der Waals surface area contributed by atoms with Crippen LogP contribution in [0.1, 0.15) is 28.3 Å². The van der Waals surface area contributed by atoms with Crippen LogP contribution in [-0.2, 0) is 0 Å². The van der Waals surface area contributed by atoms with Crippen molar-refractivity contribution in [3.63, 3.8) is 0 Å². The first kappa shape index (κ1) is 14.7. The highest BCUT2D eigenvalue weighted by Crippen LogP contribution is 2.30. The minimum Gasteiger partial charge on any atom is -0.320 e. The van der Waals surface area contributed by atoms with Gasteiger partial charge in [-0.15, -0.1) is 0 Å². The average Bonchev–Trinajstić information content (AvgIpc) is 2.25. The molecule has 2 aromatic carbocycles. The summed E-state index contributed by atoms with van der Waals surface area (Å²) in [6.07, 6.45) is 0. The highest BCUT2D eigenvalue weighted by Gasteiger charge is 2.17.